The van der Waals surface area contributed by atoms with Crippen molar-refractivity contribution in [3.8, 4) is 11.5 Å². The molecular weight excluding hydrogens is 372 g/mol. The molecule has 0 aliphatic heterocycles. The van der Waals surface area contributed by atoms with Crippen LogP contribution < -0.4 is 9.47 Å². The molecule has 0 amide bonds. The second-order valence-corrected chi connectivity index (χ2v) is 6.63. The van der Waals surface area contributed by atoms with Gasteiger partial charge in [-0.3, -0.25) is 9.59 Å². The Morgan fingerprint density at radius 1 is 0.690 bits per heavy atom. The van der Waals surface area contributed by atoms with Gasteiger partial charge in [-0.1, -0.05) is 42.0 Å². The third-order valence-electron chi connectivity index (χ3n) is 4.35. The zero-order valence-corrected chi connectivity index (χ0v) is 16.8. The van der Waals surface area contributed by atoms with E-state index in [9.17, 15) is 9.59 Å². The van der Waals surface area contributed by atoms with Gasteiger partial charge in [0.15, 0.2) is 0 Å². The predicted octanol–water partition coefficient (Wildman–Crippen LogP) is 4.19. The molecule has 0 saturated heterocycles. The number of hydrogen-bond acceptors (Lipinski definition) is 6. The second kappa shape index (κ2) is 9.28. The number of ether oxygens (including phenoxy) is 4. The van der Waals surface area contributed by atoms with Crippen molar-refractivity contribution >= 4 is 33.5 Å². The van der Waals surface area contributed by atoms with E-state index in [1.165, 1.54) is 13.8 Å². The molecule has 0 atom stereocenters. The van der Waals surface area contributed by atoms with Crippen molar-refractivity contribution in [2.24, 2.45) is 0 Å². The predicted molar refractivity (Wildman–Crippen MR) is 110 cm³/mol. The van der Waals surface area contributed by atoms with Crippen molar-refractivity contribution in [1.82, 2.24) is 0 Å². The molecule has 0 saturated carbocycles. The summed E-state index contributed by atoms with van der Waals surface area (Å²) in [6.45, 7) is 5.61. The van der Waals surface area contributed by atoms with Crippen molar-refractivity contribution in [2.75, 3.05) is 26.4 Å². The zero-order chi connectivity index (χ0) is 20.8. The highest BCUT2D eigenvalue weighted by molar-refractivity contribution is 6.11. The first-order valence-corrected chi connectivity index (χ1v) is 9.44. The highest BCUT2D eigenvalue weighted by atomic mass is 16.6. The lowest BCUT2D eigenvalue weighted by molar-refractivity contribution is -0.142. The number of carbonyl (C=O) groups is 2. The summed E-state index contributed by atoms with van der Waals surface area (Å²) >= 11 is 0. The number of carbonyl (C=O) groups excluding carboxylic acids is 2. The Kier molecular flexibility index (Phi) is 6.54. The quantitative estimate of drug-likeness (QED) is 0.323. The number of aryl methyl sites for hydroxylation is 1. The molecule has 3 aromatic carbocycles. The molecule has 6 heteroatoms. The third-order valence-corrected chi connectivity index (χ3v) is 4.35. The monoisotopic (exact) mass is 396 g/mol. The van der Waals surface area contributed by atoms with Crippen LogP contribution in [-0.2, 0) is 19.1 Å². The summed E-state index contributed by atoms with van der Waals surface area (Å²) in [6.07, 6.45) is 0. The van der Waals surface area contributed by atoms with Gasteiger partial charge in [0, 0.05) is 35.4 Å². The summed E-state index contributed by atoms with van der Waals surface area (Å²) < 4.78 is 22.1. The van der Waals surface area contributed by atoms with Crippen molar-refractivity contribution in [1.29, 1.82) is 0 Å². The van der Waals surface area contributed by atoms with Crippen LogP contribution in [0.4, 0.5) is 0 Å². The summed E-state index contributed by atoms with van der Waals surface area (Å²) in [5, 5.41) is 3.61. The molecule has 0 aliphatic rings. The number of rotatable bonds is 8. The van der Waals surface area contributed by atoms with Crippen LogP contribution in [0.15, 0.2) is 42.5 Å². The van der Waals surface area contributed by atoms with Crippen LogP contribution in [0.1, 0.15) is 19.4 Å². The lowest BCUT2D eigenvalue weighted by Crippen LogP contribution is -2.11. The molecule has 3 rings (SSSR count). The van der Waals surface area contributed by atoms with Gasteiger partial charge >= 0.3 is 11.9 Å². The fourth-order valence-corrected chi connectivity index (χ4v) is 3.18. The van der Waals surface area contributed by atoms with Gasteiger partial charge in [0.1, 0.15) is 37.9 Å². The van der Waals surface area contributed by atoms with E-state index in [-0.39, 0.29) is 38.4 Å². The average molecular weight is 396 g/mol. The highest BCUT2D eigenvalue weighted by Crippen LogP contribution is 2.43. The Morgan fingerprint density at radius 2 is 1.17 bits per heavy atom. The van der Waals surface area contributed by atoms with Gasteiger partial charge in [-0.25, -0.2) is 0 Å². The van der Waals surface area contributed by atoms with E-state index >= 15 is 0 Å². The summed E-state index contributed by atoms with van der Waals surface area (Å²) in [5.41, 5.74) is 1.09. The maximum Gasteiger partial charge on any atom is 0.302 e. The SMILES string of the molecule is CC(=O)OCCOc1c2ccccc2c(OCCOC(C)=O)c2cc(C)ccc12. The first-order chi connectivity index (χ1) is 14.0. The second-order valence-electron chi connectivity index (χ2n) is 6.63. The van der Waals surface area contributed by atoms with Crippen LogP contribution in [0.2, 0.25) is 0 Å². The molecule has 0 unspecified atom stereocenters. The van der Waals surface area contributed by atoms with E-state index in [1.807, 2.05) is 49.4 Å². The lowest BCUT2D eigenvalue weighted by Gasteiger charge is -2.18. The van der Waals surface area contributed by atoms with Crippen LogP contribution >= 0.6 is 0 Å². The minimum absolute atomic E-state index is 0.178. The molecule has 0 aromatic heterocycles. The average Bonchev–Trinajstić information content (AvgIpc) is 2.68. The third kappa shape index (κ3) is 4.96. The number of esters is 2. The Hall–Kier alpha value is -3.28. The molecule has 152 valence electrons. The van der Waals surface area contributed by atoms with Gasteiger partial charge in [-0.2, -0.15) is 0 Å². The van der Waals surface area contributed by atoms with E-state index in [4.69, 9.17) is 18.9 Å². The maximum absolute atomic E-state index is 11.0. The molecule has 0 radical (unpaired) electrons. The summed E-state index contributed by atoms with van der Waals surface area (Å²) in [7, 11) is 0. The summed E-state index contributed by atoms with van der Waals surface area (Å²) in [5.74, 6) is 0.764. The van der Waals surface area contributed by atoms with E-state index in [0.29, 0.717) is 0 Å². The largest absolute Gasteiger partial charge is 0.489 e. The highest BCUT2D eigenvalue weighted by Gasteiger charge is 2.16. The molecule has 3 aromatic rings. The molecular formula is C23H24O6. The molecule has 0 bridgehead atoms. The van der Waals surface area contributed by atoms with E-state index in [0.717, 1.165) is 38.6 Å². The molecule has 0 N–H and O–H groups in total. The Balaban J connectivity index is 2.03. The molecule has 0 heterocycles. The molecule has 0 fully saturated rings. The normalized spacial score (nSPS) is 10.7. The Labute approximate surface area is 169 Å². The van der Waals surface area contributed by atoms with Crippen LogP contribution in [0.5, 0.6) is 11.5 Å². The van der Waals surface area contributed by atoms with Crippen molar-refractivity contribution < 1.29 is 28.5 Å². The topological polar surface area (TPSA) is 71.1 Å². The summed E-state index contributed by atoms with van der Waals surface area (Å²) in [6, 6.07) is 13.9. The smallest absolute Gasteiger partial charge is 0.302 e. The fraction of sp³-hybridized carbons (Fsp3) is 0.304. The zero-order valence-electron chi connectivity index (χ0n) is 16.8. The van der Waals surface area contributed by atoms with Crippen molar-refractivity contribution in [2.45, 2.75) is 20.8 Å². The number of fused-ring (bicyclic) bond motifs is 2. The van der Waals surface area contributed by atoms with Gasteiger partial charge in [0.25, 0.3) is 0 Å². The molecule has 0 spiro atoms. The van der Waals surface area contributed by atoms with Gasteiger partial charge in [0.05, 0.1) is 0 Å². The fourth-order valence-electron chi connectivity index (χ4n) is 3.18. The molecule has 29 heavy (non-hydrogen) atoms. The lowest BCUT2D eigenvalue weighted by atomic mass is 9.99. The maximum atomic E-state index is 11.0. The molecule has 0 aliphatic carbocycles. The number of hydrogen-bond donors (Lipinski definition) is 0. The van der Waals surface area contributed by atoms with Gasteiger partial charge in [-0.15, -0.1) is 0 Å². The van der Waals surface area contributed by atoms with Gasteiger partial charge in [0.2, 0.25) is 0 Å². The first kappa shape index (κ1) is 20.5. The minimum Gasteiger partial charge on any atom is -0.489 e. The van der Waals surface area contributed by atoms with Crippen LogP contribution in [0.25, 0.3) is 21.5 Å². The molecule has 6 nitrogen and oxygen atoms in total. The number of benzene rings is 3. The van der Waals surface area contributed by atoms with E-state index in [1.54, 1.807) is 0 Å². The van der Waals surface area contributed by atoms with Crippen LogP contribution in [0.3, 0.4) is 0 Å². The Bertz CT molecular complexity index is 1040. The van der Waals surface area contributed by atoms with E-state index in [2.05, 4.69) is 0 Å². The minimum atomic E-state index is -0.338. The standard InChI is InChI=1S/C23H24O6/c1-15-8-9-20-21(14-15)23(29-13-11-27-17(3)25)19-7-5-4-6-18(19)22(20)28-12-10-26-16(2)24/h4-9,14H,10-13H2,1-3H3. The Morgan fingerprint density at radius 3 is 1.69 bits per heavy atom. The van der Waals surface area contributed by atoms with Crippen LogP contribution in [-0.4, -0.2) is 38.4 Å². The van der Waals surface area contributed by atoms with Crippen LogP contribution in [0, 0.1) is 6.92 Å². The van der Waals surface area contributed by atoms with Crippen molar-refractivity contribution in [3.05, 3.63) is 48.0 Å². The van der Waals surface area contributed by atoms with E-state index < -0.39 is 0 Å². The van der Waals surface area contributed by atoms with Gasteiger partial charge in [-0.05, 0) is 13.0 Å². The van der Waals surface area contributed by atoms with Gasteiger partial charge < -0.3 is 18.9 Å². The summed E-state index contributed by atoms with van der Waals surface area (Å²) in [4.78, 5) is 22.0. The first-order valence-electron chi connectivity index (χ1n) is 9.44. The van der Waals surface area contributed by atoms with Crippen molar-refractivity contribution in [3.63, 3.8) is 0 Å².